The molecule has 0 aliphatic heterocycles. The topological polar surface area (TPSA) is 21.3 Å². The first-order valence-electron chi connectivity index (χ1n) is 6.39. The third kappa shape index (κ3) is 5.32. The van der Waals surface area contributed by atoms with Crippen molar-refractivity contribution in [3.05, 3.63) is 29.3 Å². The molecule has 0 fully saturated rings. The second kappa shape index (κ2) is 7.05. The fourth-order valence-corrected chi connectivity index (χ4v) is 1.90. The second-order valence-electron chi connectivity index (χ2n) is 5.51. The molecule has 0 aliphatic rings. The van der Waals surface area contributed by atoms with Gasteiger partial charge in [-0.25, -0.2) is 0 Å². The molecule has 0 bridgehead atoms. The van der Waals surface area contributed by atoms with E-state index < -0.39 is 0 Å². The molecular formula is C15H25NOS. The monoisotopic (exact) mass is 267 g/mol. The molecule has 1 N–H and O–H groups in total. The summed E-state index contributed by atoms with van der Waals surface area (Å²) in [6.45, 7) is 10.3. The zero-order valence-electron chi connectivity index (χ0n) is 12.2. The van der Waals surface area contributed by atoms with E-state index in [4.69, 9.17) is 4.74 Å². The fourth-order valence-electron chi connectivity index (χ4n) is 1.65. The molecule has 0 atom stereocenters. The van der Waals surface area contributed by atoms with Crippen molar-refractivity contribution in [3.63, 3.8) is 0 Å². The Kier molecular flexibility index (Phi) is 6.03. The lowest BCUT2D eigenvalue weighted by atomic mass is 10.1. The van der Waals surface area contributed by atoms with Crippen LogP contribution in [0, 0.1) is 6.92 Å². The number of rotatable bonds is 6. The minimum Gasteiger partial charge on any atom is -0.492 e. The van der Waals surface area contributed by atoms with Crippen LogP contribution in [0.25, 0.3) is 0 Å². The maximum atomic E-state index is 5.91. The Labute approximate surface area is 116 Å². The Balaban J connectivity index is 2.73. The van der Waals surface area contributed by atoms with Gasteiger partial charge in [0.15, 0.2) is 0 Å². The molecule has 0 saturated heterocycles. The van der Waals surface area contributed by atoms with Gasteiger partial charge >= 0.3 is 0 Å². The van der Waals surface area contributed by atoms with Crippen LogP contribution in [0.4, 0.5) is 0 Å². The summed E-state index contributed by atoms with van der Waals surface area (Å²) < 4.78 is 5.91. The zero-order valence-corrected chi connectivity index (χ0v) is 13.0. The number of benzene rings is 1. The third-order valence-electron chi connectivity index (χ3n) is 2.64. The number of nitrogens with one attached hydrogen (secondary N) is 1. The normalized spacial score (nSPS) is 11.6. The maximum absolute atomic E-state index is 5.91. The molecule has 0 aromatic heterocycles. The Hall–Kier alpha value is -0.670. The number of hydrogen-bond donors (Lipinski definition) is 1. The molecule has 1 aromatic carbocycles. The first-order chi connectivity index (χ1) is 8.44. The van der Waals surface area contributed by atoms with Crippen molar-refractivity contribution in [3.8, 4) is 5.75 Å². The summed E-state index contributed by atoms with van der Waals surface area (Å²) >= 11 is 1.81. The van der Waals surface area contributed by atoms with E-state index in [0.717, 1.165) is 24.7 Å². The molecule has 3 heteroatoms. The predicted octanol–water partition coefficient (Wildman–Crippen LogP) is 3.62. The first-order valence-corrected chi connectivity index (χ1v) is 7.78. The van der Waals surface area contributed by atoms with E-state index in [-0.39, 0.29) is 5.54 Å². The standard InChI is InChI=1S/C15H25NOS/c1-12-7-6-8-13(11-16-15(2,3)4)14(12)17-9-10-18-5/h6-8,16H,9-11H2,1-5H3. The van der Waals surface area contributed by atoms with Crippen molar-refractivity contribution < 1.29 is 4.74 Å². The molecule has 1 rings (SSSR count). The molecule has 0 heterocycles. The van der Waals surface area contributed by atoms with Gasteiger partial charge in [0.05, 0.1) is 6.61 Å². The molecule has 0 spiro atoms. The molecule has 0 amide bonds. The molecular weight excluding hydrogens is 242 g/mol. The highest BCUT2D eigenvalue weighted by Crippen LogP contribution is 2.24. The average molecular weight is 267 g/mol. The van der Waals surface area contributed by atoms with Crippen LogP contribution in [0.5, 0.6) is 5.75 Å². The molecule has 0 radical (unpaired) electrons. The lowest BCUT2D eigenvalue weighted by Gasteiger charge is -2.22. The summed E-state index contributed by atoms with van der Waals surface area (Å²) in [5.74, 6) is 2.07. The smallest absolute Gasteiger partial charge is 0.126 e. The van der Waals surface area contributed by atoms with E-state index in [1.54, 1.807) is 0 Å². The van der Waals surface area contributed by atoms with Crippen LogP contribution in [-0.2, 0) is 6.54 Å². The minimum atomic E-state index is 0.125. The Morgan fingerprint density at radius 1 is 1.28 bits per heavy atom. The molecule has 102 valence electrons. The minimum absolute atomic E-state index is 0.125. The van der Waals surface area contributed by atoms with Crippen molar-refractivity contribution in [1.29, 1.82) is 0 Å². The van der Waals surface area contributed by atoms with Crippen molar-refractivity contribution in [1.82, 2.24) is 5.32 Å². The molecule has 0 saturated carbocycles. The van der Waals surface area contributed by atoms with Crippen molar-refractivity contribution in [2.75, 3.05) is 18.6 Å². The summed E-state index contributed by atoms with van der Waals surface area (Å²) in [6.07, 6.45) is 2.10. The summed E-state index contributed by atoms with van der Waals surface area (Å²) in [4.78, 5) is 0. The summed E-state index contributed by atoms with van der Waals surface area (Å²) in [7, 11) is 0. The first kappa shape index (κ1) is 15.4. The van der Waals surface area contributed by atoms with Crippen LogP contribution in [-0.4, -0.2) is 24.2 Å². The summed E-state index contributed by atoms with van der Waals surface area (Å²) in [5, 5.41) is 3.51. The van der Waals surface area contributed by atoms with E-state index in [1.165, 1.54) is 11.1 Å². The molecule has 0 unspecified atom stereocenters. The SMILES string of the molecule is CSCCOc1c(C)cccc1CNC(C)(C)C. The second-order valence-corrected chi connectivity index (χ2v) is 6.49. The van der Waals surface area contributed by atoms with Gasteiger partial charge in [-0.1, -0.05) is 18.2 Å². The number of para-hydroxylation sites is 1. The summed E-state index contributed by atoms with van der Waals surface area (Å²) in [5.41, 5.74) is 2.58. The van der Waals surface area contributed by atoms with Gasteiger partial charge < -0.3 is 10.1 Å². The van der Waals surface area contributed by atoms with E-state index in [0.29, 0.717) is 0 Å². The summed E-state index contributed by atoms with van der Waals surface area (Å²) in [6, 6.07) is 6.34. The van der Waals surface area contributed by atoms with Crippen LogP contribution >= 0.6 is 11.8 Å². The number of ether oxygens (including phenoxy) is 1. The van der Waals surface area contributed by atoms with Crippen LogP contribution in [0.1, 0.15) is 31.9 Å². The lowest BCUT2D eigenvalue weighted by Crippen LogP contribution is -2.35. The van der Waals surface area contributed by atoms with E-state index in [1.807, 2.05) is 11.8 Å². The number of thioether (sulfide) groups is 1. The van der Waals surface area contributed by atoms with Crippen LogP contribution < -0.4 is 10.1 Å². The zero-order chi connectivity index (χ0) is 13.6. The fraction of sp³-hybridized carbons (Fsp3) is 0.600. The van der Waals surface area contributed by atoms with Crippen LogP contribution in [0.15, 0.2) is 18.2 Å². The molecule has 1 aromatic rings. The van der Waals surface area contributed by atoms with Gasteiger partial charge in [-0.15, -0.1) is 0 Å². The van der Waals surface area contributed by atoms with Gasteiger partial charge in [-0.05, 0) is 39.5 Å². The van der Waals surface area contributed by atoms with Crippen LogP contribution in [0.2, 0.25) is 0 Å². The highest BCUT2D eigenvalue weighted by Gasteiger charge is 2.12. The Morgan fingerprint density at radius 2 is 2.00 bits per heavy atom. The largest absolute Gasteiger partial charge is 0.492 e. The van der Waals surface area contributed by atoms with Crippen LogP contribution in [0.3, 0.4) is 0 Å². The van der Waals surface area contributed by atoms with E-state index in [9.17, 15) is 0 Å². The van der Waals surface area contributed by atoms with Gasteiger partial charge in [0, 0.05) is 23.4 Å². The van der Waals surface area contributed by atoms with Crippen molar-refractivity contribution in [2.45, 2.75) is 39.8 Å². The third-order valence-corrected chi connectivity index (χ3v) is 3.21. The van der Waals surface area contributed by atoms with Crippen molar-refractivity contribution in [2.24, 2.45) is 0 Å². The van der Waals surface area contributed by atoms with Gasteiger partial charge in [0.25, 0.3) is 0 Å². The highest BCUT2D eigenvalue weighted by atomic mass is 32.2. The number of aryl methyl sites for hydroxylation is 1. The van der Waals surface area contributed by atoms with Gasteiger partial charge in [0.2, 0.25) is 0 Å². The van der Waals surface area contributed by atoms with Gasteiger partial charge in [-0.3, -0.25) is 0 Å². The average Bonchev–Trinajstić information content (AvgIpc) is 2.28. The molecule has 0 aliphatic carbocycles. The van der Waals surface area contributed by atoms with Crippen molar-refractivity contribution >= 4 is 11.8 Å². The number of hydrogen-bond acceptors (Lipinski definition) is 3. The molecule has 2 nitrogen and oxygen atoms in total. The maximum Gasteiger partial charge on any atom is 0.126 e. The lowest BCUT2D eigenvalue weighted by molar-refractivity contribution is 0.333. The quantitative estimate of drug-likeness (QED) is 0.795. The van der Waals surface area contributed by atoms with E-state index >= 15 is 0 Å². The highest BCUT2D eigenvalue weighted by molar-refractivity contribution is 7.98. The Morgan fingerprint density at radius 3 is 2.61 bits per heavy atom. The van der Waals surface area contributed by atoms with Gasteiger partial charge in [0.1, 0.15) is 5.75 Å². The van der Waals surface area contributed by atoms with Gasteiger partial charge in [-0.2, -0.15) is 11.8 Å². The molecule has 18 heavy (non-hydrogen) atoms. The van der Waals surface area contributed by atoms with E-state index in [2.05, 4.69) is 57.5 Å². The predicted molar refractivity (Wildman–Crippen MR) is 81.6 cm³/mol. The Bertz CT molecular complexity index is 371.